The zero-order valence-electron chi connectivity index (χ0n) is 12.7. The molecule has 0 aliphatic heterocycles. The van der Waals surface area contributed by atoms with Crippen LogP contribution in [0.5, 0.6) is 0 Å². The molecule has 0 radical (unpaired) electrons. The number of ether oxygens (including phenoxy) is 1. The first-order valence-corrected chi connectivity index (χ1v) is 7.15. The van der Waals surface area contributed by atoms with Gasteiger partial charge in [0.05, 0.1) is 18.5 Å². The van der Waals surface area contributed by atoms with Gasteiger partial charge in [-0.1, -0.05) is 38.1 Å². The van der Waals surface area contributed by atoms with Gasteiger partial charge in [0, 0.05) is 17.4 Å². The molecule has 0 unspecified atom stereocenters. The topological polar surface area (TPSA) is 61.4 Å². The molecule has 22 heavy (non-hydrogen) atoms. The smallest absolute Gasteiger partial charge is 0.424 e. The average molecular weight is 299 g/mol. The van der Waals surface area contributed by atoms with Gasteiger partial charge in [0.2, 0.25) is 0 Å². The fraction of sp³-hybridized carbons (Fsp3) is 0.294. The first-order valence-electron chi connectivity index (χ1n) is 7.15. The molecule has 5 heteroatoms. The van der Waals surface area contributed by atoms with Crippen molar-refractivity contribution >= 4 is 5.97 Å². The van der Waals surface area contributed by atoms with E-state index >= 15 is 0 Å². The lowest BCUT2D eigenvalue weighted by Gasteiger charge is -2.23. The molecular formula is C17H17NO4. The van der Waals surface area contributed by atoms with Crippen LogP contribution >= 0.6 is 0 Å². The number of nitrogens with zero attached hydrogens (tertiary/aromatic N) is 1. The molecule has 1 heterocycles. The second-order valence-corrected chi connectivity index (χ2v) is 5.41. The van der Waals surface area contributed by atoms with Crippen LogP contribution in [0.1, 0.15) is 37.1 Å². The molecule has 1 aromatic carbocycles. The van der Waals surface area contributed by atoms with Crippen LogP contribution in [0.2, 0.25) is 0 Å². The van der Waals surface area contributed by atoms with E-state index in [-0.39, 0.29) is 17.8 Å². The summed E-state index contributed by atoms with van der Waals surface area (Å²) in [6.07, 6.45) is 1.80. The van der Waals surface area contributed by atoms with Gasteiger partial charge in [-0.2, -0.15) is 0 Å². The highest BCUT2D eigenvalue weighted by Gasteiger charge is 2.34. The fourth-order valence-electron chi connectivity index (χ4n) is 2.95. The highest BCUT2D eigenvalue weighted by atomic mass is 16.5. The minimum Gasteiger partial charge on any atom is -0.466 e. The van der Waals surface area contributed by atoms with Crippen LogP contribution in [0, 0.1) is 0 Å². The van der Waals surface area contributed by atoms with Crippen LogP contribution in [-0.4, -0.2) is 17.6 Å². The zero-order chi connectivity index (χ0) is 15.9. The molecule has 114 valence electrons. The Morgan fingerprint density at radius 1 is 1.23 bits per heavy atom. The maximum Gasteiger partial charge on any atom is 0.424 e. The number of carbonyl (C=O) groups is 1. The summed E-state index contributed by atoms with van der Waals surface area (Å²) in [5.41, 5.74) is 1.99. The molecule has 1 aliphatic rings. The molecule has 0 amide bonds. The monoisotopic (exact) mass is 299 g/mol. The van der Waals surface area contributed by atoms with Crippen molar-refractivity contribution < 1.29 is 13.9 Å². The van der Waals surface area contributed by atoms with E-state index in [4.69, 9.17) is 9.15 Å². The predicted molar refractivity (Wildman–Crippen MR) is 81.2 cm³/mol. The summed E-state index contributed by atoms with van der Waals surface area (Å²) in [4.78, 5) is 24.3. The number of esters is 1. The number of rotatable bonds is 2. The number of allylic oxidation sites excluding steroid dienone is 1. The summed E-state index contributed by atoms with van der Waals surface area (Å²) in [7, 11) is 1.36. The molecule has 0 fully saturated rings. The van der Waals surface area contributed by atoms with E-state index in [2.05, 4.69) is 0 Å². The molecular weight excluding hydrogens is 282 g/mol. The van der Waals surface area contributed by atoms with Crippen LogP contribution in [0.3, 0.4) is 0 Å². The van der Waals surface area contributed by atoms with E-state index in [0.29, 0.717) is 17.0 Å². The van der Waals surface area contributed by atoms with Gasteiger partial charge in [0.15, 0.2) is 0 Å². The Bertz CT molecular complexity index is 798. The van der Waals surface area contributed by atoms with Gasteiger partial charge in [-0.25, -0.2) is 14.2 Å². The van der Waals surface area contributed by atoms with Crippen LogP contribution in [0.4, 0.5) is 0 Å². The van der Waals surface area contributed by atoms with Gasteiger partial charge >= 0.3 is 11.7 Å². The van der Waals surface area contributed by atoms with Crippen molar-refractivity contribution in [2.45, 2.75) is 25.7 Å². The van der Waals surface area contributed by atoms with Gasteiger partial charge < -0.3 is 9.15 Å². The summed E-state index contributed by atoms with van der Waals surface area (Å²) in [6, 6.07) is 9.27. The van der Waals surface area contributed by atoms with Crippen molar-refractivity contribution in [2.24, 2.45) is 0 Å². The van der Waals surface area contributed by atoms with E-state index in [1.165, 1.54) is 11.7 Å². The molecule has 0 N–H and O–H groups in total. The largest absolute Gasteiger partial charge is 0.466 e. The second-order valence-electron chi connectivity index (χ2n) is 5.41. The Balaban J connectivity index is 2.21. The molecule has 1 aromatic heterocycles. The predicted octanol–water partition coefficient (Wildman–Crippen LogP) is 2.75. The van der Waals surface area contributed by atoms with Gasteiger partial charge in [-0.15, -0.1) is 0 Å². The Labute approximate surface area is 127 Å². The number of aromatic nitrogens is 1. The first kappa shape index (κ1) is 14.4. The fourth-order valence-corrected chi connectivity index (χ4v) is 2.95. The standard InChI is InChI=1S/C17H17NO4/c1-10-9-13(16(19)21-3)11(2)14-15(10)22-17(20)18(14)12-7-5-4-6-8-12/h4-11H,1-3H3/t10-,11-/m1/s1. The summed E-state index contributed by atoms with van der Waals surface area (Å²) in [5.74, 6) is -0.634. The average Bonchev–Trinajstić information content (AvgIpc) is 2.89. The second kappa shape index (κ2) is 5.33. The quantitative estimate of drug-likeness (QED) is 0.800. The maximum absolute atomic E-state index is 12.3. The molecule has 0 spiro atoms. The van der Waals surface area contributed by atoms with Crippen molar-refractivity contribution in [3.63, 3.8) is 0 Å². The Morgan fingerprint density at radius 3 is 2.55 bits per heavy atom. The third kappa shape index (κ3) is 2.09. The van der Waals surface area contributed by atoms with Gasteiger partial charge in [0.1, 0.15) is 5.76 Å². The minimum atomic E-state index is -0.436. The highest BCUT2D eigenvalue weighted by molar-refractivity contribution is 5.90. The Morgan fingerprint density at radius 2 is 1.91 bits per heavy atom. The van der Waals surface area contributed by atoms with Gasteiger partial charge in [-0.3, -0.25) is 0 Å². The SMILES string of the molecule is COC(=O)C1=C[C@@H](C)c2oc(=O)n(-c3ccccc3)c2[C@@H]1C. The van der Waals surface area contributed by atoms with Crippen molar-refractivity contribution in [3.05, 3.63) is 64.0 Å². The van der Waals surface area contributed by atoms with Crippen molar-refractivity contribution in [2.75, 3.05) is 7.11 Å². The van der Waals surface area contributed by atoms with Gasteiger partial charge in [-0.05, 0) is 12.1 Å². The molecule has 0 saturated heterocycles. The number of oxazole rings is 1. The normalized spacial score (nSPS) is 20.2. The summed E-state index contributed by atoms with van der Waals surface area (Å²) in [5, 5.41) is 0. The maximum atomic E-state index is 12.3. The van der Waals surface area contributed by atoms with E-state index in [9.17, 15) is 9.59 Å². The lowest BCUT2D eigenvalue weighted by molar-refractivity contribution is -0.136. The number of hydrogen-bond acceptors (Lipinski definition) is 4. The molecule has 5 nitrogen and oxygen atoms in total. The Kier molecular flexibility index (Phi) is 3.48. The summed E-state index contributed by atoms with van der Waals surface area (Å²) < 4.78 is 11.8. The van der Waals surface area contributed by atoms with Crippen molar-refractivity contribution in [1.82, 2.24) is 4.57 Å². The van der Waals surface area contributed by atoms with E-state index < -0.39 is 5.76 Å². The zero-order valence-corrected chi connectivity index (χ0v) is 12.7. The van der Waals surface area contributed by atoms with Crippen LogP contribution in [0.15, 0.2) is 51.2 Å². The van der Waals surface area contributed by atoms with Crippen LogP contribution in [-0.2, 0) is 9.53 Å². The van der Waals surface area contributed by atoms with Crippen molar-refractivity contribution in [3.8, 4) is 5.69 Å². The van der Waals surface area contributed by atoms with Crippen LogP contribution in [0.25, 0.3) is 5.69 Å². The van der Waals surface area contributed by atoms with Crippen LogP contribution < -0.4 is 5.76 Å². The number of benzene rings is 1. The number of hydrogen-bond donors (Lipinski definition) is 0. The van der Waals surface area contributed by atoms with Gasteiger partial charge in [0.25, 0.3) is 0 Å². The molecule has 2 atom stereocenters. The summed E-state index contributed by atoms with van der Waals surface area (Å²) >= 11 is 0. The third-order valence-electron chi connectivity index (χ3n) is 4.03. The van der Waals surface area contributed by atoms with Crippen molar-refractivity contribution in [1.29, 1.82) is 0 Å². The number of methoxy groups -OCH3 is 1. The number of fused-ring (bicyclic) bond motifs is 1. The molecule has 3 rings (SSSR count). The minimum absolute atomic E-state index is 0.155. The first-order chi connectivity index (χ1) is 10.5. The lowest BCUT2D eigenvalue weighted by Crippen LogP contribution is -2.22. The number of para-hydroxylation sites is 1. The Hall–Kier alpha value is -2.56. The van der Waals surface area contributed by atoms with E-state index in [0.717, 1.165) is 5.69 Å². The molecule has 0 saturated carbocycles. The number of carbonyl (C=O) groups excluding carboxylic acids is 1. The summed E-state index contributed by atoms with van der Waals surface area (Å²) in [6.45, 7) is 3.77. The lowest BCUT2D eigenvalue weighted by atomic mass is 9.85. The highest BCUT2D eigenvalue weighted by Crippen LogP contribution is 2.38. The van der Waals surface area contributed by atoms with E-state index in [1.807, 2.05) is 44.2 Å². The molecule has 1 aliphatic carbocycles. The third-order valence-corrected chi connectivity index (χ3v) is 4.03. The molecule has 0 bridgehead atoms. The van der Waals surface area contributed by atoms with E-state index in [1.54, 1.807) is 6.08 Å². The molecule has 2 aromatic rings.